The third-order valence-corrected chi connectivity index (χ3v) is 1.89. The van der Waals surface area contributed by atoms with Crippen LogP contribution >= 0.6 is 0 Å². The van der Waals surface area contributed by atoms with Crippen LogP contribution in [0, 0.1) is 0 Å². The molecule has 6 heteroatoms. The SMILES string of the molecule is n1oc2oc3noc4oc1c2c34. The Hall–Kier alpha value is -1.98. The minimum Gasteiger partial charge on any atom is -0.401 e. The van der Waals surface area contributed by atoms with Crippen molar-refractivity contribution in [2.45, 2.75) is 0 Å². The number of rotatable bonds is 0. The summed E-state index contributed by atoms with van der Waals surface area (Å²) in [4.78, 5) is 0. The van der Waals surface area contributed by atoms with Gasteiger partial charge in [0.1, 0.15) is 10.8 Å². The first-order valence-electron chi connectivity index (χ1n) is 3.29. The smallest absolute Gasteiger partial charge is 0.330 e. The van der Waals surface area contributed by atoms with E-state index in [1.807, 2.05) is 0 Å². The maximum absolute atomic E-state index is 5.14. The molecule has 4 heterocycles. The Morgan fingerprint density at radius 2 is 1.25 bits per heavy atom. The van der Waals surface area contributed by atoms with Crippen LogP contribution in [-0.4, -0.2) is 10.3 Å². The third kappa shape index (κ3) is 0.305. The molecule has 0 N–H and O–H groups in total. The molecule has 0 saturated carbocycles. The Balaban J connectivity index is 2.71. The quantitative estimate of drug-likeness (QED) is 0.393. The lowest BCUT2D eigenvalue weighted by molar-refractivity contribution is 0.353. The summed E-state index contributed by atoms with van der Waals surface area (Å²) in [7, 11) is 0. The Labute approximate surface area is 63.0 Å². The van der Waals surface area contributed by atoms with Crippen molar-refractivity contribution in [2.24, 2.45) is 0 Å². The van der Waals surface area contributed by atoms with Crippen LogP contribution in [0.1, 0.15) is 0 Å². The van der Waals surface area contributed by atoms with E-state index in [2.05, 4.69) is 10.3 Å². The minimum absolute atomic E-state index is 0.331. The van der Waals surface area contributed by atoms with Crippen molar-refractivity contribution in [3.05, 3.63) is 0 Å². The largest absolute Gasteiger partial charge is 0.401 e. The van der Waals surface area contributed by atoms with E-state index in [0.717, 1.165) is 0 Å². The first-order valence-corrected chi connectivity index (χ1v) is 3.29. The predicted octanol–water partition coefficient (Wildman–Crippen LogP) is 1.75. The van der Waals surface area contributed by atoms with Gasteiger partial charge in [-0.05, 0) is 10.3 Å². The highest BCUT2D eigenvalue weighted by Crippen LogP contribution is 2.38. The molecular weight excluding hydrogens is 164 g/mol. The Morgan fingerprint density at radius 1 is 0.750 bits per heavy atom. The van der Waals surface area contributed by atoms with Gasteiger partial charge in [0.15, 0.2) is 0 Å². The van der Waals surface area contributed by atoms with Crippen molar-refractivity contribution in [3.63, 3.8) is 0 Å². The van der Waals surface area contributed by atoms with Crippen LogP contribution in [0.25, 0.3) is 33.8 Å². The second-order valence-corrected chi connectivity index (χ2v) is 2.50. The van der Waals surface area contributed by atoms with E-state index in [4.69, 9.17) is 17.9 Å². The van der Waals surface area contributed by atoms with E-state index in [1.54, 1.807) is 0 Å². The normalized spacial score (nSPS) is 13.0. The molecular formula is C6N2O4. The van der Waals surface area contributed by atoms with Crippen molar-refractivity contribution < 1.29 is 17.9 Å². The van der Waals surface area contributed by atoms with Crippen molar-refractivity contribution in [2.75, 3.05) is 0 Å². The summed E-state index contributed by atoms with van der Waals surface area (Å²) in [6.45, 7) is 0. The molecule has 0 atom stereocenters. The molecule has 58 valence electrons. The number of hydrogen-bond donors (Lipinski definition) is 0. The van der Waals surface area contributed by atoms with Gasteiger partial charge in [0.2, 0.25) is 0 Å². The summed E-state index contributed by atoms with van der Waals surface area (Å²) in [5, 5.41) is 8.65. The lowest BCUT2D eigenvalue weighted by Gasteiger charge is -1.69. The summed E-state index contributed by atoms with van der Waals surface area (Å²) in [5.74, 6) is 0.661. The summed E-state index contributed by atoms with van der Waals surface area (Å²) < 4.78 is 19.9. The number of hydrogen-bond acceptors (Lipinski definition) is 6. The molecule has 0 amide bonds. The monoisotopic (exact) mass is 164 g/mol. The lowest BCUT2D eigenvalue weighted by atomic mass is 10.3. The maximum atomic E-state index is 5.14. The molecule has 0 bridgehead atoms. The van der Waals surface area contributed by atoms with E-state index < -0.39 is 0 Å². The standard InChI is InChI=1S/C6N2O4/c7-3-1-2-4(10-5(1)11-7)8-12-6(2)9-3. The van der Waals surface area contributed by atoms with Crippen molar-refractivity contribution in [1.82, 2.24) is 10.3 Å². The molecule has 0 fully saturated rings. The number of furan rings is 2. The zero-order chi connectivity index (χ0) is 7.71. The fraction of sp³-hybridized carbons (Fsp3) is 0. The van der Waals surface area contributed by atoms with Gasteiger partial charge in [-0.1, -0.05) is 0 Å². The number of nitrogens with zero attached hydrogens (tertiary/aromatic N) is 2. The fourth-order valence-corrected chi connectivity index (χ4v) is 1.40. The van der Waals surface area contributed by atoms with Gasteiger partial charge in [-0.25, -0.2) is 0 Å². The molecule has 0 aliphatic carbocycles. The highest BCUT2D eigenvalue weighted by atomic mass is 16.6. The van der Waals surface area contributed by atoms with E-state index in [0.29, 0.717) is 33.8 Å². The molecule has 4 aromatic rings. The van der Waals surface area contributed by atoms with Crippen LogP contribution in [-0.2, 0) is 0 Å². The van der Waals surface area contributed by atoms with E-state index in [9.17, 15) is 0 Å². The zero-order valence-electron chi connectivity index (χ0n) is 5.53. The van der Waals surface area contributed by atoms with Gasteiger partial charge in [0, 0.05) is 0 Å². The summed E-state index contributed by atoms with van der Waals surface area (Å²) in [6, 6.07) is 0. The van der Waals surface area contributed by atoms with E-state index >= 15 is 0 Å². The Morgan fingerprint density at radius 3 is 1.75 bits per heavy atom. The van der Waals surface area contributed by atoms with E-state index in [1.165, 1.54) is 0 Å². The van der Waals surface area contributed by atoms with Gasteiger partial charge in [-0.3, -0.25) is 0 Å². The molecule has 4 aromatic heterocycles. The first kappa shape index (κ1) is 4.81. The van der Waals surface area contributed by atoms with Crippen LogP contribution in [0.2, 0.25) is 0 Å². The third-order valence-electron chi connectivity index (χ3n) is 1.89. The van der Waals surface area contributed by atoms with Crippen LogP contribution in [0.3, 0.4) is 0 Å². The van der Waals surface area contributed by atoms with Crippen LogP contribution < -0.4 is 0 Å². The molecule has 12 heavy (non-hydrogen) atoms. The van der Waals surface area contributed by atoms with Crippen molar-refractivity contribution >= 4 is 33.8 Å². The second kappa shape index (κ2) is 1.20. The van der Waals surface area contributed by atoms with E-state index in [-0.39, 0.29) is 0 Å². The second-order valence-electron chi connectivity index (χ2n) is 2.50. The molecule has 0 aromatic carbocycles. The maximum Gasteiger partial charge on any atom is 0.330 e. The fourth-order valence-electron chi connectivity index (χ4n) is 1.40. The Bertz CT molecular complexity index is 557. The molecule has 0 spiro atoms. The van der Waals surface area contributed by atoms with Gasteiger partial charge in [-0.15, -0.1) is 0 Å². The minimum atomic E-state index is 0.331. The van der Waals surface area contributed by atoms with Gasteiger partial charge < -0.3 is 17.9 Å². The van der Waals surface area contributed by atoms with Crippen molar-refractivity contribution in [3.8, 4) is 0 Å². The first-order chi connectivity index (χ1) is 5.93. The van der Waals surface area contributed by atoms with Crippen molar-refractivity contribution in [1.29, 1.82) is 0 Å². The zero-order valence-corrected chi connectivity index (χ0v) is 5.53. The average Bonchev–Trinajstić information content (AvgIpc) is 2.71. The molecule has 0 aliphatic heterocycles. The van der Waals surface area contributed by atoms with Gasteiger partial charge in [0.25, 0.3) is 11.4 Å². The van der Waals surface area contributed by atoms with Gasteiger partial charge in [0.05, 0.1) is 0 Å². The Kier molecular flexibility index (Phi) is 0.480. The van der Waals surface area contributed by atoms with Gasteiger partial charge >= 0.3 is 11.6 Å². The summed E-state index contributed by atoms with van der Waals surface area (Å²) in [6.07, 6.45) is 0. The van der Waals surface area contributed by atoms with Crippen LogP contribution in [0.15, 0.2) is 17.9 Å². The molecule has 0 unspecified atom stereocenters. The highest BCUT2D eigenvalue weighted by Gasteiger charge is 2.26. The van der Waals surface area contributed by atoms with Crippen LogP contribution in [0.5, 0.6) is 0 Å². The summed E-state index contributed by atoms with van der Waals surface area (Å²) >= 11 is 0. The lowest BCUT2D eigenvalue weighted by Crippen LogP contribution is -1.56. The van der Waals surface area contributed by atoms with Crippen LogP contribution in [0.4, 0.5) is 0 Å². The number of aromatic nitrogens is 2. The topological polar surface area (TPSA) is 78.3 Å². The molecule has 0 radical (unpaired) electrons. The molecule has 0 aliphatic rings. The predicted molar refractivity (Wildman–Crippen MR) is 34.8 cm³/mol. The molecule has 6 nitrogen and oxygen atoms in total. The summed E-state index contributed by atoms with van der Waals surface area (Å²) in [5.41, 5.74) is 0.778. The van der Waals surface area contributed by atoms with Gasteiger partial charge in [-0.2, -0.15) is 0 Å². The molecule has 4 rings (SSSR count). The molecule has 0 saturated heterocycles. The average molecular weight is 164 g/mol. The highest BCUT2D eigenvalue weighted by molar-refractivity contribution is 6.15.